The van der Waals surface area contributed by atoms with Crippen molar-refractivity contribution in [3.05, 3.63) is 29.3 Å². The number of amides is 1. The van der Waals surface area contributed by atoms with Gasteiger partial charge in [-0.25, -0.2) is 0 Å². The molecule has 0 radical (unpaired) electrons. The zero-order chi connectivity index (χ0) is 15.6. The molecule has 7 heteroatoms. The van der Waals surface area contributed by atoms with Gasteiger partial charge in [-0.3, -0.25) is 4.79 Å². The summed E-state index contributed by atoms with van der Waals surface area (Å²) in [6.07, 6.45) is -3.36. The number of carbonyl (C=O) groups excluding carboxylic acids is 1. The number of piperidine rings is 1. The molecule has 1 atom stereocenters. The van der Waals surface area contributed by atoms with E-state index in [9.17, 15) is 18.0 Å². The van der Waals surface area contributed by atoms with Crippen molar-refractivity contribution in [3.8, 4) is 6.07 Å². The second-order valence-corrected chi connectivity index (χ2v) is 5.03. The molecule has 112 valence electrons. The lowest BCUT2D eigenvalue weighted by Crippen LogP contribution is -2.41. The summed E-state index contributed by atoms with van der Waals surface area (Å²) in [7, 11) is 0. The van der Waals surface area contributed by atoms with Crippen LogP contribution in [-0.2, 0) is 11.0 Å². The van der Waals surface area contributed by atoms with Crippen LogP contribution in [0.2, 0.25) is 0 Å². The molecule has 2 rings (SSSR count). The number of halogens is 3. The molecule has 1 heterocycles. The first-order valence-corrected chi connectivity index (χ1v) is 6.48. The summed E-state index contributed by atoms with van der Waals surface area (Å²) in [5.74, 6) is -0.947. The summed E-state index contributed by atoms with van der Waals surface area (Å²) >= 11 is 0. The Hall–Kier alpha value is -2.23. The van der Waals surface area contributed by atoms with Gasteiger partial charge >= 0.3 is 6.18 Å². The highest BCUT2D eigenvalue weighted by molar-refractivity contribution is 5.77. The Morgan fingerprint density at radius 2 is 2.14 bits per heavy atom. The van der Waals surface area contributed by atoms with E-state index in [1.807, 2.05) is 0 Å². The third-order valence-electron chi connectivity index (χ3n) is 3.60. The Kier molecular flexibility index (Phi) is 4.07. The van der Waals surface area contributed by atoms with Crippen molar-refractivity contribution in [2.24, 2.45) is 11.7 Å². The largest absolute Gasteiger partial charge is 0.418 e. The number of carbonyl (C=O) groups is 1. The Morgan fingerprint density at radius 1 is 1.43 bits per heavy atom. The fourth-order valence-electron chi connectivity index (χ4n) is 2.54. The first-order chi connectivity index (χ1) is 9.82. The number of benzene rings is 1. The molecule has 1 unspecified atom stereocenters. The lowest BCUT2D eigenvalue weighted by atomic mass is 9.96. The molecule has 2 N–H and O–H groups in total. The Bertz CT molecular complexity index is 592. The Labute approximate surface area is 119 Å². The van der Waals surface area contributed by atoms with E-state index in [2.05, 4.69) is 0 Å². The van der Waals surface area contributed by atoms with Gasteiger partial charge in [-0.1, -0.05) is 0 Å². The van der Waals surface area contributed by atoms with Crippen LogP contribution in [0.1, 0.15) is 24.0 Å². The van der Waals surface area contributed by atoms with Gasteiger partial charge in [0.2, 0.25) is 5.91 Å². The minimum absolute atomic E-state index is 0.00699. The van der Waals surface area contributed by atoms with Gasteiger partial charge in [0, 0.05) is 18.8 Å². The average molecular weight is 297 g/mol. The van der Waals surface area contributed by atoms with Crippen molar-refractivity contribution < 1.29 is 18.0 Å². The van der Waals surface area contributed by atoms with Gasteiger partial charge in [-0.2, -0.15) is 18.4 Å². The predicted molar refractivity (Wildman–Crippen MR) is 70.3 cm³/mol. The summed E-state index contributed by atoms with van der Waals surface area (Å²) < 4.78 is 39.4. The number of hydrogen-bond donors (Lipinski definition) is 1. The standard InChI is InChI=1S/C14H14F3N3O/c15-14(16,17)11-6-9(7-18)3-4-12(11)20-5-1-2-10(8-20)13(19)21/h3-4,6,10H,1-2,5,8H2,(H2,19,21). The van der Waals surface area contributed by atoms with E-state index in [4.69, 9.17) is 11.0 Å². The summed E-state index contributed by atoms with van der Waals surface area (Å²) in [6.45, 7) is 0.600. The van der Waals surface area contributed by atoms with E-state index in [1.165, 1.54) is 17.0 Å². The fraction of sp³-hybridized carbons (Fsp3) is 0.429. The molecule has 1 amide bonds. The maximum atomic E-state index is 13.1. The van der Waals surface area contributed by atoms with Crippen molar-refractivity contribution in [1.82, 2.24) is 0 Å². The summed E-state index contributed by atoms with van der Waals surface area (Å²) in [6, 6.07) is 5.17. The Balaban J connectivity index is 2.39. The molecule has 0 bridgehead atoms. The normalized spacial score (nSPS) is 19.1. The van der Waals surface area contributed by atoms with Crippen LogP contribution in [-0.4, -0.2) is 19.0 Å². The number of hydrogen-bond acceptors (Lipinski definition) is 3. The third-order valence-corrected chi connectivity index (χ3v) is 3.60. The average Bonchev–Trinajstić information content (AvgIpc) is 2.45. The maximum absolute atomic E-state index is 13.1. The van der Waals surface area contributed by atoms with Gasteiger partial charge in [-0.15, -0.1) is 0 Å². The van der Waals surface area contributed by atoms with E-state index in [1.54, 1.807) is 6.07 Å². The fourth-order valence-corrected chi connectivity index (χ4v) is 2.54. The molecule has 1 aromatic rings. The van der Waals surface area contributed by atoms with Crippen LogP contribution in [0.3, 0.4) is 0 Å². The van der Waals surface area contributed by atoms with Crippen molar-refractivity contribution in [2.45, 2.75) is 19.0 Å². The molecule has 0 spiro atoms. The van der Waals surface area contributed by atoms with E-state index in [-0.39, 0.29) is 17.8 Å². The van der Waals surface area contributed by atoms with Gasteiger partial charge < -0.3 is 10.6 Å². The highest BCUT2D eigenvalue weighted by atomic mass is 19.4. The zero-order valence-electron chi connectivity index (χ0n) is 11.2. The van der Waals surface area contributed by atoms with Gasteiger partial charge in [0.05, 0.1) is 23.1 Å². The topological polar surface area (TPSA) is 70.1 Å². The van der Waals surface area contributed by atoms with Crippen molar-refractivity contribution in [1.29, 1.82) is 5.26 Å². The van der Waals surface area contributed by atoms with Crippen LogP contribution in [0.25, 0.3) is 0 Å². The maximum Gasteiger partial charge on any atom is 0.418 e. The van der Waals surface area contributed by atoms with Gasteiger partial charge in [0.1, 0.15) is 0 Å². The number of alkyl halides is 3. The number of nitrogens with two attached hydrogens (primary N) is 1. The Morgan fingerprint density at radius 3 is 2.71 bits per heavy atom. The minimum atomic E-state index is -4.55. The minimum Gasteiger partial charge on any atom is -0.370 e. The van der Waals surface area contributed by atoms with E-state index < -0.39 is 23.6 Å². The number of primary amides is 1. The van der Waals surface area contributed by atoms with E-state index in [0.29, 0.717) is 19.4 Å². The molecule has 21 heavy (non-hydrogen) atoms. The molecule has 0 aromatic heterocycles. The zero-order valence-corrected chi connectivity index (χ0v) is 11.2. The highest BCUT2D eigenvalue weighted by Crippen LogP contribution is 2.38. The molecule has 0 saturated carbocycles. The summed E-state index contributed by atoms with van der Waals surface area (Å²) in [4.78, 5) is 12.8. The van der Waals surface area contributed by atoms with Crippen LogP contribution < -0.4 is 10.6 Å². The van der Waals surface area contributed by atoms with Crippen LogP contribution in [0.5, 0.6) is 0 Å². The molecule has 0 aliphatic carbocycles. The number of anilines is 1. The van der Waals surface area contributed by atoms with Gasteiger partial charge in [-0.05, 0) is 31.0 Å². The second-order valence-electron chi connectivity index (χ2n) is 5.03. The first kappa shape index (κ1) is 15.2. The van der Waals surface area contributed by atoms with Crippen LogP contribution in [0, 0.1) is 17.2 Å². The van der Waals surface area contributed by atoms with Crippen molar-refractivity contribution >= 4 is 11.6 Å². The van der Waals surface area contributed by atoms with Crippen LogP contribution in [0.15, 0.2) is 18.2 Å². The van der Waals surface area contributed by atoms with Gasteiger partial charge in [0.25, 0.3) is 0 Å². The second kappa shape index (κ2) is 5.64. The molecule has 1 aromatic carbocycles. The lowest BCUT2D eigenvalue weighted by molar-refractivity contribution is -0.137. The summed E-state index contributed by atoms with van der Waals surface area (Å²) in [5, 5.41) is 8.75. The van der Waals surface area contributed by atoms with Gasteiger partial charge in [0.15, 0.2) is 0 Å². The van der Waals surface area contributed by atoms with Crippen LogP contribution >= 0.6 is 0 Å². The van der Waals surface area contributed by atoms with Crippen LogP contribution in [0.4, 0.5) is 18.9 Å². The van der Waals surface area contributed by atoms with Crippen molar-refractivity contribution in [3.63, 3.8) is 0 Å². The molecule has 1 aliphatic rings. The molecule has 1 aliphatic heterocycles. The highest BCUT2D eigenvalue weighted by Gasteiger charge is 2.36. The SMILES string of the molecule is N#Cc1ccc(N2CCCC(C(N)=O)C2)c(C(F)(F)F)c1. The molecular formula is C14H14F3N3O. The molecular weight excluding hydrogens is 283 g/mol. The smallest absolute Gasteiger partial charge is 0.370 e. The molecule has 4 nitrogen and oxygen atoms in total. The number of nitriles is 1. The number of nitrogens with zero attached hydrogens (tertiary/aromatic N) is 2. The third kappa shape index (κ3) is 3.27. The van der Waals surface area contributed by atoms with Crippen molar-refractivity contribution in [2.75, 3.05) is 18.0 Å². The lowest BCUT2D eigenvalue weighted by Gasteiger charge is -2.34. The molecule has 1 saturated heterocycles. The van der Waals surface area contributed by atoms with E-state index in [0.717, 1.165) is 6.07 Å². The first-order valence-electron chi connectivity index (χ1n) is 6.48. The predicted octanol–water partition coefficient (Wildman–Crippen LogP) is 2.28. The van der Waals surface area contributed by atoms with E-state index >= 15 is 0 Å². The summed E-state index contributed by atoms with van der Waals surface area (Å²) in [5.41, 5.74) is 4.34. The number of rotatable bonds is 2. The monoisotopic (exact) mass is 297 g/mol. The quantitative estimate of drug-likeness (QED) is 0.910. The molecule has 1 fully saturated rings.